The molecule has 0 spiro atoms. The molecule has 0 saturated carbocycles. The van der Waals surface area contributed by atoms with Crippen LogP contribution in [0.15, 0.2) is 34.1 Å². The molecule has 2 rings (SSSR count). The summed E-state index contributed by atoms with van der Waals surface area (Å²) in [7, 11) is 0. The zero-order valence-corrected chi connectivity index (χ0v) is 5.02. The predicted octanol–water partition coefficient (Wildman–Crippen LogP) is 0.287. The fraction of sp³-hybridized carbons (Fsp3) is 0. The van der Waals surface area contributed by atoms with Gasteiger partial charge in [0.2, 0.25) is 5.71 Å². The maximum Gasteiger partial charge on any atom is 0.275 e. The summed E-state index contributed by atoms with van der Waals surface area (Å²) in [4.78, 5) is 14.5. The Kier molecular flexibility index (Phi) is 0.887. The molecule has 4 nitrogen and oxygen atoms in total. The largest absolute Gasteiger partial charge is 0.445 e. The Labute approximate surface area is 55.7 Å². The van der Waals surface area contributed by atoms with Gasteiger partial charge in [0.1, 0.15) is 6.26 Å². The summed E-state index contributed by atoms with van der Waals surface area (Å²) in [6.45, 7) is 0. The van der Waals surface area contributed by atoms with Crippen molar-refractivity contribution in [1.82, 2.24) is 9.38 Å². The molecule has 0 radical (unpaired) electrons. The van der Waals surface area contributed by atoms with Gasteiger partial charge in [0, 0.05) is 0 Å². The second-order valence-corrected chi connectivity index (χ2v) is 1.86. The minimum atomic E-state index is -0.175. The standard InChI is InChI=1S/C6H4N2O2/c9-5-3-7-4-6-8(5)1-2-10-6/h1-4H. The Balaban J connectivity index is 3.09. The number of hydrogen-bond acceptors (Lipinski definition) is 3. The molecule has 2 aromatic heterocycles. The molecule has 0 N–H and O–H groups in total. The normalized spacial score (nSPS) is 10.4. The van der Waals surface area contributed by atoms with Crippen molar-refractivity contribution in [2.45, 2.75) is 0 Å². The van der Waals surface area contributed by atoms with E-state index >= 15 is 0 Å². The Bertz CT molecular complexity index is 401. The van der Waals surface area contributed by atoms with Gasteiger partial charge in [-0.2, -0.15) is 0 Å². The van der Waals surface area contributed by atoms with E-state index in [9.17, 15) is 4.79 Å². The maximum atomic E-state index is 10.9. The van der Waals surface area contributed by atoms with Crippen molar-refractivity contribution in [2.24, 2.45) is 0 Å². The van der Waals surface area contributed by atoms with Crippen LogP contribution in [-0.4, -0.2) is 9.38 Å². The van der Waals surface area contributed by atoms with Crippen LogP contribution in [0.25, 0.3) is 5.71 Å². The van der Waals surface area contributed by atoms with Crippen molar-refractivity contribution in [3.8, 4) is 0 Å². The van der Waals surface area contributed by atoms with Crippen LogP contribution in [0.2, 0.25) is 0 Å². The molecular weight excluding hydrogens is 132 g/mol. The number of rotatable bonds is 0. The summed E-state index contributed by atoms with van der Waals surface area (Å²) in [5.74, 6) is 0. The summed E-state index contributed by atoms with van der Waals surface area (Å²) >= 11 is 0. The number of nitrogens with zero attached hydrogens (tertiary/aromatic N) is 2. The van der Waals surface area contributed by atoms with E-state index in [1.54, 1.807) is 6.20 Å². The van der Waals surface area contributed by atoms with Gasteiger partial charge >= 0.3 is 0 Å². The van der Waals surface area contributed by atoms with Gasteiger partial charge in [0.25, 0.3) is 5.56 Å². The number of fused-ring (bicyclic) bond motifs is 1. The first-order chi connectivity index (χ1) is 4.88. The highest BCUT2D eigenvalue weighted by atomic mass is 16.3. The number of oxazole rings is 1. The zero-order valence-electron chi connectivity index (χ0n) is 5.02. The van der Waals surface area contributed by atoms with Gasteiger partial charge in [-0.1, -0.05) is 0 Å². The minimum Gasteiger partial charge on any atom is -0.445 e. The highest BCUT2D eigenvalue weighted by Crippen LogP contribution is 1.95. The summed E-state index contributed by atoms with van der Waals surface area (Å²) in [5.41, 5.74) is 0.291. The van der Waals surface area contributed by atoms with Crippen LogP contribution in [0.5, 0.6) is 0 Å². The lowest BCUT2D eigenvalue weighted by atomic mass is 10.7. The average Bonchev–Trinajstić information content (AvgIpc) is 2.36. The van der Waals surface area contributed by atoms with Gasteiger partial charge in [-0.15, -0.1) is 0 Å². The second-order valence-electron chi connectivity index (χ2n) is 1.86. The summed E-state index contributed by atoms with van der Waals surface area (Å²) in [6.07, 6.45) is 5.72. The molecule has 0 aliphatic carbocycles. The van der Waals surface area contributed by atoms with Gasteiger partial charge in [-0.25, -0.2) is 4.40 Å². The van der Waals surface area contributed by atoms with E-state index in [0.29, 0.717) is 5.71 Å². The highest BCUT2D eigenvalue weighted by molar-refractivity contribution is 5.28. The van der Waals surface area contributed by atoms with E-state index in [1.165, 1.54) is 23.1 Å². The molecule has 0 saturated heterocycles. The van der Waals surface area contributed by atoms with Gasteiger partial charge in [0.15, 0.2) is 0 Å². The van der Waals surface area contributed by atoms with Crippen molar-refractivity contribution in [3.63, 3.8) is 0 Å². The predicted molar refractivity (Wildman–Crippen MR) is 33.7 cm³/mol. The lowest BCUT2D eigenvalue weighted by Gasteiger charge is -1.84. The van der Waals surface area contributed by atoms with Crippen LogP contribution in [0, 0.1) is 0 Å². The van der Waals surface area contributed by atoms with Gasteiger partial charge in [0.05, 0.1) is 18.6 Å². The second kappa shape index (κ2) is 1.70. The summed E-state index contributed by atoms with van der Waals surface area (Å²) < 4.78 is 6.28. The first kappa shape index (κ1) is 5.22. The molecule has 0 amide bonds. The first-order valence-corrected chi connectivity index (χ1v) is 2.78. The Hall–Kier alpha value is -1.58. The molecule has 0 fully saturated rings. The van der Waals surface area contributed by atoms with Crippen LogP contribution >= 0.6 is 0 Å². The summed E-state index contributed by atoms with van der Waals surface area (Å²) in [5, 5.41) is 0. The molecule has 0 bridgehead atoms. The fourth-order valence-electron chi connectivity index (χ4n) is 0.793. The van der Waals surface area contributed by atoms with E-state index in [2.05, 4.69) is 4.98 Å². The quantitative estimate of drug-likeness (QED) is 0.522. The van der Waals surface area contributed by atoms with E-state index in [0.717, 1.165) is 0 Å². The topological polar surface area (TPSA) is 47.5 Å². The smallest absolute Gasteiger partial charge is 0.275 e. The molecular formula is C6H4N2O2. The molecule has 0 atom stereocenters. The molecule has 0 aromatic carbocycles. The highest BCUT2D eigenvalue weighted by Gasteiger charge is 1.94. The Morgan fingerprint density at radius 1 is 1.50 bits per heavy atom. The van der Waals surface area contributed by atoms with Gasteiger partial charge < -0.3 is 4.42 Å². The van der Waals surface area contributed by atoms with E-state index in [4.69, 9.17) is 4.42 Å². The third-order valence-electron chi connectivity index (χ3n) is 1.24. The van der Waals surface area contributed by atoms with Crippen LogP contribution in [0.4, 0.5) is 0 Å². The number of aromatic nitrogens is 2. The monoisotopic (exact) mass is 136 g/mol. The van der Waals surface area contributed by atoms with Crippen LogP contribution in [0.3, 0.4) is 0 Å². The lowest BCUT2D eigenvalue weighted by Crippen LogP contribution is -2.09. The Morgan fingerprint density at radius 2 is 2.40 bits per heavy atom. The van der Waals surface area contributed by atoms with Crippen molar-refractivity contribution >= 4 is 5.71 Å². The van der Waals surface area contributed by atoms with Crippen LogP contribution in [-0.2, 0) is 0 Å². The first-order valence-electron chi connectivity index (χ1n) is 2.78. The van der Waals surface area contributed by atoms with E-state index in [1.807, 2.05) is 0 Å². The van der Waals surface area contributed by atoms with Crippen LogP contribution in [0.1, 0.15) is 0 Å². The van der Waals surface area contributed by atoms with Crippen molar-refractivity contribution < 1.29 is 4.42 Å². The van der Waals surface area contributed by atoms with Crippen molar-refractivity contribution in [2.75, 3.05) is 0 Å². The van der Waals surface area contributed by atoms with Gasteiger partial charge in [-0.05, 0) is 0 Å². The number of hydrogen-bond donors (Lipinski definition) is 0. The van der Waals surface area contributed by atoms with Crippen LogP contribution < -0.4 is 5.56 Å². The summed E-state index contributed by atoms with van der Waals surface area (Å²) in [6, 6.07) is 0. The molecule has 0 aliphatic rings. The molecule has 0 unspecified atom stereocenters. The maximum absolute atomic E-state index is 10.9. The average molecular weight is 136 g/mol. The third kappa shape index (κ3) is 0.556. The van der Waals surface area contributed by atoms with Crippen molar-refractivity contribution in [1.29, 1.82) is 0 Å². The van der Waals surface area contributed by atoms with E-state index in [-0.39, 0.29) is 5.56 Å². The SMILES string of the molecule is O=c1cncc2occn12. The molecule has 2 heterocycles. The Morgan fingerprint density at radius 3 is 3.20 bits per heavy atom. The molecule has 0 aliphatic heterocycles. The molecule has 2 aromatic rings. The minimum absolute atomic E-state index is 0.175. The molecule has 4 heteroatoms. The zero-order chi connectivity index (χ0) is 6.97. The van der Waals surface area contributed by atoms with Crippen molar-refractivity contribution in [3.05, 3.63) is 35.2 Å². The third-order valence-corrected chi connectivity index (χ3v) is 1.24. The molecule has 50 valence electrons. The lowest BCUT2D eigenvalue weighted by molar-refractivity contribution is 0.603. The molecule has 10 heavy (non-hydrogen) atoms. The fourth-order valence-corrected chi connectivity index (χ4v) is 0.793. The van der Waals surface area contributed by atoms with E-state index < -0.39 is 0 Å². The van der Waals surface area contributed by atoms with Gasteiger partial charge in [-0.3, -0.25) is 9.78 Å².